The van der Waals surface area contributed by atoms with Crippen molar-refractivity contribution < 1.29 is 0 Å². The number of nitrogens with zero attached hydrogens (tertiary/aromatic N) is 1. The van der Waals surface area contributed by atoms with Gasteiger partial charge in [0.2, 0.25) is 0 Å². The SMILES string of the molecule is CCN(CCSc1ccccc1)C1CCC(N)CC1. The highest BCUT2D eigenvalue weighted by atomic mass is 32.2. The first kappa shape index (κ1) is 14.9. The van der Waals surface area contributed by atoms with Gasteiger partial charge in [0.1, 0.15) is 0 Å². The molecule has 2 nitrogen and oxygen atoms in total. The van der Waals surface area contributed by atoms with Crippen molar-refractivity contribution in [2.45, 2.75) is 49.6 Å². The molecule has 0 spiro atoms. The minimum atomic E-state index is 0.452. The van der Waals surface area contributed by atoms with Crippen molar-refractivity contribution in [2.24, 2.45) is 5.73 Å². The molecule has 0 aromatic heterocycles. The molecule has 1 saturated carbocycles. The largest absolute Gasteiger partial charge is 0.328 e. The van der Waals surface area contributed by atoms with Crippen molar-refractivity contribution in [3.8, 4) is 0 Å². The first-order valence-corrected chi connectivity index (χ1v) is 8.45. The van der Waals surface area contributed by atoms with E-state index in [9.17, 15) is 0 Å². The Morgan fingerprint density at radius 1 is 1.16 bits per heavy atom. The molecule has 2 rings (SSSR count). The van der Waals surface area contributed by atoms with Gasteiger partial charge < -0.3 is 5.73 Å². The lowest BCUT2D eigenvalue weighted by Crippen LogP contribution is -2.41. The fraction of sp³-hybridized carbons (Fsp3) is 0.625. The average molecular weight is 278 g/mol. The monoisotopic (exact) mass is 278 g/mol. The van der Waals surface area contributed by atoms with E-state index in [0.717, 1.165) is 12.6 Å². The summed E-state index contributed by atoms with van der Waals surface area (Å²) in [5.74, 6) is 1.18. The Morgan fingerprint density at radius 3 is 2.47 bits per heavy atom. The Balaban J connectivity index is 1.73. The van der Waals surface area contributed by atoms with Crippen molar-refractivity contribution in [3.63, 3.8) is 0 Å². The summed E-state index contributed by atoms with van der Waals surface area (Å²) >= 11 is 1.96. The molecule has 0 atom stereocenters. The maximum atomic E-state index is 5.99. The maximum Gasteiger partial charge on any atom is 0.0108 e. The number of nitrogens with two attached hydrogens (primary N) is 1. The van der Waals surface area contributed by atoms with Crippen LogP contribution in [0, 0.1) is 0 Å². The van der Waals surface area contributed by atoms with Gasteiger partial charge in [0.25, 0.3) is 0 Å². The van der Waals surface area contributed by atoms with Gasteiger partial charge in [-0.3, -0.25) is 4.90 Å². The second-order valence-corrected chi connectivity index (χ2v) is 6.53. The number of thioether (sulfide) groups is 1. The summed E-state index contributed by atoms with van der Waals surface area (Å²) in [6.45, 7) is 4.63. The molecule has 1 fully saturated rings. The zero-order valence-electron chi connectivity index (χ0n) is 11.9. The summed E-state index contributed by atoms with van der Waals surface area (Å²) in [6, 6.07) is 11.9. The Kier molecular flexibility index (Phi) is 6.21. The molecule has 0 aliphatic heterocycles. The number of hydrogen-bond donors (Lipinski definition) is 1. The van der Waals surface area contributed by atoms with Crippen LogP contribution in [-0.2, 0) is 0 Å². The quantitative estimate of drug-likeness (QED) is 0.809. The predicted octanol–water partition coefficient (Wildman–Crippen LogP) is 3.37. The molecule has 0 heterocycles. The number of rotatable bonds is 6. The van der Waals surface area contributed by atoms with Crippen LogP contribution in [0.4, 0.5) is 0 Å². The molecule has 0 saturated heterocycles. The van der Waals surface area contributed by atoms with Crippen LogP contribution >= 0.6 is 11.8 Å². The molecule has 1 aliphatic carbocycles. The van der Waals surface area contributed by atoms with E-state index in [1.807, 2.05) is 11.8 Å². The minimum absolute atomic E-state index is 0.452. The molecule has 1 aromatic carbocycles. The topological polar surface area (TPSA) is 29.3 Å². The predicted molar refractivity (Wildman–Crippen MR) is 84.6 cm³/mol. The van der Waals surface area contributed by atoms with Gasteiger partial charge in [-0.2, -0.15) is 0 Å². The summed E-state index contributed by atoms with van der Waals surface area (Å²) < 4.78 is 0. The summed E-state index contributed by atoms with van der Waals surface area (Å²) in [6.07, 6.45) is 4.97. The first-order chi connectivity index (χ1) is 9.29. The third-order valence-electron chi connectivity index (χ3n) is 4.05. The lowest BCUT2D eigenvalue weighted by molar-refractivity contribution is 0.166. The van der Waals surface area contributed by atoms with Gasteiger partial charge in [-0.15, -0.1) is 11.8 Å². The fourth-order valence-electron chi connectivity index (χ4n) is 2.86. The van der Waals surface area contributed by atoms with Crippen molar-refractivity contribution in [1.29, 1.82) is 0 Å². The summed E-state index contributed by atoms with van der Waals surface area (Å²) in [7, 11) is 0. The Bertz CT molecular complexity index is 347. The molecule has 0 radical (unpaired) electrons. The van der Waals surface area contributed by atoms with E-state index in [4.69, 9.17) is 5.73 Å². The van der Waals surface area contributed by atoms with Crippen LogP contribution < -0.4 is 5.73 Å². The third kappa shape index (κ3) is 4.83. The van der Waals surface area contributed by atoms with Crippen LogP contribution in [0.15, 0.2) is 35.2 Å². The van der Waals surface area contributed by atoms with Crippen LogP contribution in [0.5, 0.6) is 0 Å². The molecular weight excluding hydrogens is 252 g/mol. The van der Waals surface area contributed by atoms with Gasteiger partial charge in [0.05, 0.1) is 0 Å². The van der Waals surface area contributed by atoms with Crippen molar-refractivity contribution in [3.05, 3.63) is 30.3 Å². The van der Waals surface area contributed by atoms with Crippen LogP contribution in [0.25, 0.3) is 0 Å². The van der Waals surface area contributed by atoms with Crippen molar-refractivity contribution >= 4 is 11.8 Å². The molecule has 0 unspecified atom stereocenters. The van der Waals surface area contributed by atoms with Gasteiger partial charge in [0, 0.05) is 29.3 Å². The zero-order valence-corrected chi connectivity index (χ0v) is 12.7. The highest BCUT2D eigenvalue weighted by Crippen LogP contribution is 2.23. The molecule has 2 N–H and O–H groups in total. The van der Waals surface area contributed by atoms with E-state index >= 15 is 0 Å². The molecule has 0 bridgehead atoms. The van der Waals surface area contributed by atoms with Gasteiger partial charge in [-0.05, 0) is 44.4 Å². The molecule has 1 aliphatic rings. The Labute approximate surface area is 121 Å². The third-order valence-corrected chi connectivity index (χ3v) is 5.05. The Morgan fingerprint density at radius 2 is 1.84 bits per heavy atom. The smallest absolute Gasteiger partial charge is 0.0108 e. The van der Waals surface area contributed by atoms with Crippen LogP contribution in [0.1, 0.15) is 32.6 Å². The average Bonchev–Trinajstić information content (AvgIpc) is 2.46. The summed E-state index contributed by atoms with van der Waals surface area (Å²) in [5.41, 5.74) is 5.99. The molecule has 19 heavy (non-hydrogen) atoms. The van der Waals surface area contributed by atoms with Crippen LogP contribution in [0.2, 0.25) is 0 Å². The van der Waals surface area contributed by atoms with E-state index in [1.54, 1.807) is 0 Å². The highest BCUT2D eigenvalue weighted by Gasteiger charge is 2.22. The molecule has 1 aromatic rings. The fourth-order valence-corrected chi connectivity index (χ4v) is 3.77. The van der Waals surface area contributed by atoms with E-state index in [0.29, 0.717) is 6.04 Å². The number of benzene rings is 1. The van der Waals surface area contributed by atoms with E-state index < -0.39 is 0 Å². The normalized spacial score (nSPS) is 23.7. The van der Waals surface area contributed by atoms with E-state index in [2.05, 4.69) is 42.2 Å². The molecule has 3 heteroatoms. The van der Waals surface area contributed by atoms with Crippen LogP contribution in [-0.4, -0.2) is 35.8 Å². The van der Waals surface area contributed by atoms with E-state index in [1.165, 1.54) is 42.9 Å². The molecule has 106 valence electrons. The van der Waals surface area contributed by atoms with Gasteiger partial charge in [-0.25, -0.2) is 0 Å². The van der Waals surface area contributed by atoms with Crippen LogP contribution in [0.3, 0.4) is 0 Å². The summed E-state index contributed by atoms with van der Waals surface area (Å²) in [5, 5.41) is 0. The van der Waals surface area contributed by atoms with Gasteiger partial charge >= 0.3 is 0 Å². The molecular formula is C16H26N2S. The second-order valence-electron chi connectivity index (χ2n) is 5.36. The van der Waals surface area contributed by atoms with Crippen molar-refractivity contribution in [2.75, 3.05) is 18.8 Å². The van der Waals surface area contributed by atoms with Crippen molar-refractivity contribution in [1.82, 2.24) is 4.90 Å². The second kappa shape index (κ2) is 7.93. The maximum absolute atomic E-state index is 5.99. The van der Waals surface area contributed by atoms with Gasteiger partial charge in [-0.1, -0.05) is 25.1 Å². The Hall–Kier alpha value is -0.510. The standard InChI is InChI=1S/C16H26N2S/c1-2-18(15-10-8-14(17)9-11-15)12-13-19-16-6-4-3-5-7-16/h3-7,14-15H,2,8-13,17H2,1H3. The lowest BCUT2D eigenvalue weighted by Gasteiger charge is -2.35. The number of hydrogen-bond acceptors (Lipinski definition) is 3. The van der Waals surface area contributed by atoms with E-state index in [-0.39, 0.29) is 0 Å². The van der Waals surface area contributed by atoms with Gasteiger partial charge in [0.15, 0.2) is 0 Å². The first-order valence-electron chi connectivity index (χ1n) is 7.47. The summed E-state index contributed by atoms with van der Waals surface area (Å²) in [4.78, 5) is 4.02. The minimum Gasteiger partial charge on any atom is -0.328 e. The zero-order chi connectivity index (χ0) is 13.5. The lowest BCUT2D eigenvalue weighted by atomic mass is 9.91. The highest BCUT2D eigenvalue weighted by molar-refractivity contribution is 7.99. The molecule has 0 amide bonds.